The summed E-state index contributed by atoms with van der Waals surface area (Å²) in [6, 6.07) is 3.13. The summed E-state index contributed by atoms with van der Waals surface area (Å²) in [7, 11) is -1.79. The Kier molecular flexibility index (Phi) is 6.29. The molecule has 2 amide bonds. The van der Waals surface area contributed by atoms with E-state index >= 15 is 0 Å². The van der Waals surface area contributed by atoms with Crippen molar-refractivity contribution in [3.63, 3.8) is 0 Å². The molecule has 1 heterocycles. The van der Waals surface area contributed by atoms with E-state index in [0.717, 1.165) is 6.07 Å². The second kappa shape index (κ2) is 7.96. The number of hydrogen-bond acceptors (Lipinski definition) is 4. The average Bonchev–Trinajstić information content (AvgIpc) is 2.49. The fourth-order valence-corrected chi connectivity index (χ4v) is 3.54. The van der Waals surface area contributed by atoms with E-state index < -0.39 is 31.4 Å². The molecule has 0 radical (unpaired) electrons. The van der Waals surface area contributed by atoms with Crippen LogP contribution >= 0.6 is 11.8 Å². The van der Waals surface area contributed by atoms with E-state index in [1.807, 2.05) is 19.6 Å². The van der Waals surface area contributed by atoms with Gasteiger partial charge in [-0.1, -0.05) is 25.6 Å². The number of rotatable bonds is 3. The van der Waals surface area contributed by atoms with Crippen LogP contribution in [0.4, 0.5) is 13.2 Å². The van der Waals surface area contributed by atoms with Crippen molar-refractivity contribution in [2.45, 2.75) is 42.5 Å². The lowest BCUT2D eigenvalue weighted by molar-refractivity contribution is -0.137. The van der Waals surface area contributed by atoms with Crippen molar-refractivity contribution >= 4 is 31.7 Å². The zero-order chi connectivity index (χ0) is 20.4. The number of carbonyl (C=O) groups is 2. The van der Waals surface area contributed by atoms with Gasteiger partial charge in [-0.05, 0) is 36.4 Å². The molecule has 1 fully saturated rings. The first-order valence-electron chi connectivity index (χ1n) is 8.09. The normalized spacial score (nSPS) is 16.9. The minimum Gasteiger partial charge on any atom is -0.326 e. The van der Waals surface area contributed by atoms with Crippen molar-refractivity contribution in [3.8, 4) is 11.5 Å². The molecular weight excluding hydrogens is 397 g/mol. The largest absolute Gasteiger partial charge is 0.446 e. The fourth-order valence-electron chi connectivity index (χ4n) is 2.37. The van der Waals surface area contributed by atoms with Crippen LogP contribution < -0.4 is 5.48 Å². The minimum absolute atomic E-state index is 0.0377. The molecule has 0 saturated carbocycles. The Morgan fingerprint density at radius 3 is 2.48 bits per heavy atom. The van der Waals surface area contributed by atoms with E-state index in [1.165, 1.54) is 22.5 Å². The molecule has 1 aromatic rings. The Morgan fingerprint density at radius 2 is 2.00 bits per heavy atom. The lowest BCUT2D eigenvalue weighted by Gasteiger charge is -2.39. The topological polar surface area (TPSA) is 69.6 Å². The maximum absolute atomic E-state index is 12.9. The molecule has 5 nitrogen and oxygen atoms in total. The van der Waals surface area contributed by atoms with Crippen LogP contribution in [-0.4, -0.2) is 48.1 Å². The van der Waals surface area contributed by atoms with E-state index in [1.54, 1.807) is 0 Å². The van der Waals surface area contributed by atoms with Crippen LogP contribution in [0.5, 0.6) is 0 Å². The van der Waals surface area contributed by atoms with Crippen molar-refractivity contribution in [2.24, 2.45) is 0 Å². The summed E-state index contributed by atoms with van der Waals surface area (Å²) in [4.78, 5) is 25.1. The molecule has 27 heavy (non-hydrogen) atoms. The van der Waals surface area contributed by atoms with Gasteiger partial charge in [-0.3, -0.25) is 14.8 Å². The van der Waals surface area contributed by atoms with Gasteiger partial charge in [0.25, 0.3) is 11.8 Å². The zero-order valence-corrected chi connectivity index (χ0v) is 16.8. The van der Waals surface area contributed by atoms with Gasteiger partial charge in [0.2, 0.25) is 0 Å². The van der Waals surface area contributed by atoms with Crippen molar-refractivity contribution in [1.82, 2.24) is 10.4 Å². The van der Waals surface area contributed by atoms with Crippen molar-refractivity contribution in [2.75, 3.05) is 6.54 Å². The summed E-state index contributed by atoms with van der Waals surface area (Å²) in [6.07, 6.45) is 0.377. The Balaban J connectivity index is 2.36. The Labute approximate surface area is 160 Å². The third-order valence-corrected chi connectivity index (χ3v) is 5.38. The lowest BCUT2D eigenvalue weighted by atomic mass is 10.00. The summed E-state index contributed by atoms with van der Waals surface area (Å²) in [5.74, 6) is 1.51. The SMILES string of the molecule is C[Si](C)(C)C#Cc1ccc(C(=O)N2CCC2C(=O)NO)cc1SC(F)(F)F. The molecule has 1 aliphatic heterocycles. The molecule has 0 bridgehead atoms. The van der Waals surface area contributed by atoms with Crippen LogP contribution in [0, 0.1) is 11.5 Å². The van der Waals surface area contributed by atoms with E-state index in [4.69, 9.17) is 5.21 Å². The molecule has 1 aromatic carbocycles. The van der Waals surface area contributed by atoms with Gasteiger partial charge in [-0.2, -0.15) is 13.2 Å². The maximum Gasteiger partial charge on any atom is 0.446 e. The summed E-state index contributed by atoms with van der Waals surface area (Å²) < 4.78 is 38.8. The summed E-state index contributed by atoms with van der Waals surface area (Å²) in [5, 5.41) is 8.70. The highest BCUT2D eigenvalue weighted by atomic mass is 32.2. The van der Waals surface area contributed by atoms with Gasteiger partial charge in [0.05, 0.1) is 0 Å². The number of hydrogen-bond donors (Lipinski definition) is 2. The van der Waals surface area contributed by atoms with Crippen molar-refractivity contribution < 1.29 is 28.0 Å². The number of alkyl halides is 3. The molecule has 1 unspecified atom stereocenters. The molecule has 1 saturated heterocycles. The van der Waals surface area contributed by atoms with Gasteiger partial charge < -0.3 is 4.90 Å². The number of hydroxylamine groups is 1. The van der Waals surface area contributed by atoms with Gasteiger partial charge in [0, 0.05) is 22.6 Å². The highest BCUT2D eigenvalue weighted by Crippen LogP contribution is 2.39. The average molecular weight is 416 g/mol. The van der Waals surface area contributed by atoms with Gasteiger partial charge in [-0.15, -0.1) is 5.54 Å². The molecule has 10 heteroatoms. The smallest absolute Gasteiger partial charge is 0.326 e. The monoisotopic (exact) mass is 416 g/mol. The quantitative estimate of drug-likeness (QED) is 0.261. The summed E-state index contributed by atoms with van der Waals surface area (Å²) in [5.41, 5.74) is 0.235. The number of thioether (sulfide) groups is 1. The van der Waals surface area contributed by atoms with Crippen LogP contribution in [0.25, 0.3) is 0 Å². The third-order valence-electron chi connectivity index (χ3n) is 3.72. The van der Waals surface area contributed by atoms with Crippen LogP contribution in [0.3, 0.4) is 0 Å². The Bertz CT molecular complexity index is 812. The molecular formula is C17H19F3N2O3SSi. The van der Waals surface area contributed by atoms with Crippen LogP contribution in [0.15, 0.2) is 23.1 Å². The lowest BCUT2D eigenvalue weighted by Crippen LogP contribution is -2.57. The highest BCUT2D eigenvalue weighted by molar-refractivity contribution is 8.00. The first-order valence-corrected chi connectivity index (χ1v) is 12.4. The molecule has 0 spiro atoms. The second-order valence-corrected chi connectivity index (χ2v) is 12.9. The molecule has 2 rings (SSSR count). The standard InChI is InChI=1S/C17H19F3N2O3SSi/c1-27(2,3)9-7-11-4-5-12(10-14(11)26-17(18,19)20)16(24)22-8-6-13(22)15(23)21-25/h4-5,10,13,25H,6,8H2,1-3H3,(H,21,23). The third kappa shape index (κ3) is 5.75. The first kappa shape index (κ1) is 21.3. The number of halogens is 3. The number of carbonyl (C=O) groups excluding carboxylic acids is 2. The number of amides is 2. The van der Waals surface area contributed by atoms with Gasteiger partial charge in [-0.25, -0.2) is 5.48 Å². The van der Waals surface area contributed by atoms with E-state index in [-0.39, 0.29) is 34.3 Å². The van der Waals surface area contributed by atoms with Crippen molar-refractivity contribution in [1.29, 1.82) is 0 Å². The maximum atomic E-state index is 12.9. The van der Waals surface area contributed by atoms with Gasteiger partial charge >= 0.3 is 5.51 Å². The summed E-state index contributed by atoms with van der Waals surface area (Å²) in [6.45, 7) is 6.22. The minimum atomic E-state index is -4.52. The zero-order valence-electron chi connectivity index (χ0n) is 15.0. The summed E-state index contributed by atoms with van der Waals surface area (Å²) >= 11 is -0.319. The fraction of sp³-hybridized carbons (Fsp3) is 0.412. The molecule has 2 N–H and O–H groups in total. The number of benzene rings is 1. The number of nitrogens with one attached hydrogen (secondary N) is 1. The van der Waals surface area contributed by atoms with Gasteiger partial charge in [0.15, 0.2) is 0 Å². The number of likely N-dealkylation sites (tertiary alicyclic amines) is 1. The van der Waals surface area contributed by atoms with E-state index in [9.17, 15) is 22.8 Å². The Hall–Kier alpha value is -1.96. The molecule has 0 aromatic heterocycles. The van der Waals surface area contributed by atoms with Crippen LogP contribution in [0.2, 0.25) is 19.6 Å². The van der Waals surface area contributed by atoms with Gasteiger partial charge in [0.1, 0.15) is 14.1 Å². The molecule has 146 valence electrons. The first-order chi connectivity index (χ1) is 12.4. The van der Waals surface area contributed by atoms with E-state index in [0.29, 0.717) is 6.42 Å². The van der Waals surface area contributed by atoms with E-state index in [2.05, 4.69) is 11.5 Å². The molecule has 0 aliphatic carbocycles. The predicted octanol–water partition coefficient (Wildman–Crippen LogP) is 3.25. The molecule has 1 aliphatic rings. The highest BCUT2D eigenvalue weighted by Gasteiger charge is 2.38. The molecule has 1 atom stereocenters. The second-order valence-electron chi connectivity index (χ2n) is 7.04. The van der Waals surface area contributed by atoms with Crippen molar-refractivity contribution in [3.05, 3.63) is 29.3 Å². The van der Waals surface area contributed by atoms with Crippen LogP contribution in [-0.2, 0) is 4.79 Å². The number of nitrogens with zero attached hydrogens (tertiary/aromatic N) is 1. The predicted molar refractivity (Wildman–Crippen MR) is 97.9 cm³/mol. The Morgan fingerprint density at radius 1 is 1.33 bits per heavy atom. The van der Waals surface area contributed by atoms with Crippen LogP contribution in [0.1, 0.15) is 22.3 Å².